The van der Waals surface area contributed by atoms with E-state index in [0.29, 0.717) is 54.4 Å². The monoisotopic (exact) mass is 429 g/mol. The third-order valence-corrected chi connectivity index (χ3v) is 5.35. The summed E-state index contributed by atoms with van der Waals surface area (Å²) in [4.78, 5) is 40.1. The second kappa shape index (κ2) is 9.34. The molecule has 0 spiro atoms. The highest BCUT2D eigenvalue weighted by Gasteiger charge is 2.25. The molecule has 1 aliphatic heterocycles. The van der Waals surface area contributed by atoms with Crippen LogP contribution < -0.4 is 10.5 Å². The number of hydrogen-bond acceptors (Lipinski definition) is 4. The lowest BCUT2D eigenvalue weighted by atomic mass is 10.1. The number of carbonyl (C=O) groups is 3. The van der Waals surface area contributed by atoms with Gasteiger partial charge in [0.15, 0.2) is 0 Å². The van der Waals surface area contributed by atoms with Gasteiger partial charge >= 0.3 is 0 Å². The van der Waals surface area contributed by atoms with Gasteiger partial charge in [-0.2, -0.15) is 0 Å². The molecule has 3 aromatic carbocycles. The van der Waals surface area contributed by atoms with E-state index in [0.717, 1.165) is 0 Å². The highest BCUT2D eigenvalue weighted by molar-refractivity contribution is 5.96. The fourth-order valence-electron chi connectivity index (χ4n) is 3.55. The fourth-order valence-corrected chi connectivity index (χ4v) is 3.55. The van der Waals surface area contributed by atoms with E-state index in [1.165, 1.54) is 0 Å². The molecule has 1 heterocycles. The molecule has 7 nitrogen and oxygen atoms in total. The molecule has 4 rings (SSSR count). The number of rotatable bonds is 5. The van der Waals surface area contributed by atoms with Crippen molar-refractivity contribution in [3.05, 3.63) is 95.6 Å². The predicted molar refractivity (Wildman–Crippen MR) is 120 cm³/mol. The fraction of sp³-hybridized carbons (Fsp3) is 0.160. The van der Waals surface area contributed by atoms with Gasteiger partial charge in [-0.1, -0.05) is 18.2 Å². The number of primary amides is 1. The molecule has 7 heteroatoms. The number of hydrogen-bond donors (Lipinski definition) is 1. The topological polar surface area (TPSA) is 92.9 Å². The van der Waals surface area contributed by atoms with Gasteiger partial charge in [0, 0.05) is 42.9 Å². The predicted octanol–water partition coefficient (Wildman–Crippen LogP) is 3.18. The van der Waals surface area contributed by atoms with Gasteiger partial charge in [0.1, 0.15) is 11.5 Å². The summed E-state index contributed by atoms with van der Waals surface area (Å²) in [5, 5.41) is 0. The Labute approximate surface area is 186 Å². The molecule has 0 unspecified atom stereocenters. The minimum absolute atomic E-state index is 0.0111. The van der Waals surface area contributed by atoms with Crippen LogP contribution >= 0.6 is 0 Å². The van der Waals surface area contributed by atoms with Crippen LogP contribution in [0.3, 0.4) is 0 Å². The number of piperazine rings is 1. The molecule has 3 aromatic rings. The molecule has 1 fully saturated rings. The quantitative estimate of drug-likeness (QED) is 0.674. The van der Waals surface area contributed by atoms with Crippen molar-refractivity contribution < 1.29 is 19.1 Å². The second-order valence-electron chi connectivity index (χ2n) is 7.47. The first kappa shape index (κ1) is 21.1. The average Bonchev–Trinajstić information content (AvgIpc) is 2.84. The molecule has 2 N–H and O–H groups in total. The number of nitrogens with two attached hydrogens (primary N) is 1. The SMILES string of the molecule is NC(=O)c1ccc(Oc2ccc(C(=O)N3CCN(C(=O)c4ccccc4)CC3)cc2)cc1. The molecule has 1 saturated heterocycles. The summed E-state index contributed by atoms with van der Waals surface area (Å²) in [5.74, 6) is 0.557. The summed E-state index contributed by atoms with van der Waals surface area (Å²) in [7, 11) is 0. The molecular weight excluding hydrogens is 406 g/mol. The van der Waals surface area contributed by atoms with Gasteiger partial charge in [0.2, 0.25) is 5.91 Å². The molecule has 1 aliphatic rings. The van der Waals surface area contributed by atoms with E-state index < -0.39 is 5.91 Å². The lowest BCUT2D eigenvalue weighted by Gasteiger charge is -2.34. The van der Waals surface area contributed by atoms with Crippen LogP contribution in [0.4, 0.5) is 0 Å². The molecule has 0 saturated carbocycles. The first-order valence-electron chi connectivity index (χ1n) is 10.3. The highest BCUT2D eigenvalue weighted by atomic mass is 16.5. The Morgan fingerprint density at radius 1 is 0.594 bits per heavy atom. The molecular formula is C25H23N3O4. The van der Waals surface area contributed by atoms with Crippen LogP contribution in [0.15, 0.2) is 78.9 Å². The molecule has 0 bridgehead atoms. The van der Waals surface area contributed by atoms with Crippen molar-refractivity contribution in [2.24, 2.45) is 5.73 Å². The molecule has 32 heavy (non-hydrogen) atoms. The highest BCUT2D eigenvalue weighted by Crippen LogP contribution is 2.23. The summed E-state index contributed by atoms with van der Waals surface area (Å²) in [6.07, 6.45) is 0. The Balaban J connectivity index is 1.33. The van der Waals surface area contributed by atoms with Gasteiger partial charge in [-0.15, -0.1) is 0 Å². The largest absolute Gasteiger partial charge is 0.457 e. The van der Waals surface area contributed by atoms with Gasteiger partial charge in [0.25, 0.3) is 11.8 Å². The van der Waals surface area contributed by atoms with Crippen molar-refractivity contribution in [3.63, 3.8) is 0 Å². The van der Waals surface area contributed by atoms with Gasteiger partial charge < -0.3 is 20.3 Å². The van der Waals surface area contributed by atoms with Crippen LogP contribution in [0.2, 0.25) is 0 Å². The minimum Gasteiger partial charge on any atom is -0.457 e. The summed E-state index contributed by atoms with van der Waals surface area (Å²) in [5.41, 5.74) is 6.86. The van der Waals surface area contributed by atoms with Crippen molar-refractivity contribution in [3.8, 4) is 11.5 Å². The Kier molecular flexibility index (Phi) is 6.17. The standard InChI is InChI=1S/C25H23N3O4/c26-23(29)18-6-10-21(11-7-18)32-22-12-8-20(9-13-22)25(31)28-16-14-27(15-17-28)24(30)19-4-2-1-3-5-19/h1-13H,14-17H2,(H2,26,29). The van der Waals surface area contributed by atoms with Gasteiger partial charge in [0.05, 0.1) is 0 Å². The number of benzene rings is 3. The third-order valence-electron chi connectivity index (χ3n) is 5.35. The van der Waals surface area contributed by atoms with Crippen LogP contribution in [0.1, 0.15) is 31.1 Å². The number of nitrogens with zero attached hydrogens (tertiary/aromatic N) is 2. The molecule has 3 amide bonds. The van der Waals surface area contributed by atoms with Gasteiger partial charge in [-0.25, -0.2) is 0 Å². The molecule has 0 atom stereocenters. The van der Waals surface area contributed by atoms with Crippen LogP contribution in [-0.2, 0) is 0 Å². The smallest absolute Gasteiger partial charge is 0.253 e. The summed E-state index contributed by atoms with van der Waals surface area (Å²) < 4.78 is 5.75. The molecule has 162 valence electrons. The number of amides is 3. The second-order valence-corrected chi connectivity index (χ2v) is 7.47. The first-order valence-corrected chi connectivity index (χ1v) is 10.3. The van der Waals surface area contributed by atoms with Crippen LogP contribution in [0, 0.1) is 0 Å². The lowest BCUT2D eigenvalue weighted by molar-refractivity contribution is 0.0535. The van der Waals surface area contributed by atoms with E-state index in [4.69, 9.17) is 10.5 Å². The Morgan fingerprint density at radius 3 is 1.44 bits per heavy atom. The Bertz CT molecular complexity index is 1100. The maximum absolute atomic E-state index is 12.9. The maximum Gasteiger partial charge on any atom is 0.253 e. The number of carbonyl (C=O) groups excluding carboxylic acids is 3. The zero-order chi connectivity index (χ0) is 22.5. The van der Waals surface area contributed by atoms with E-state index in [1.54, 1.807) is 70.5 Å². The van der Waals surface area contributed by atoms with E-state index in [1.807, 2.05) is 18.2 Å². The van der Waals surface area contributed by atoms with Crippen molar-refractivity contribution in [1.82, 2.24) is 9.80 Å². The zero-order valence-electron chi connectivity index (χ0n) is 17.4. The van der Waals surface area contributed by atoms with Crippen molar-refractivity contribution in [2.45, 2.75) is 0 Å². The van der Waals surface area contributed by atoms with Crippen LogP contribution in [0.25, 0.3) is 0 Å². The van der Waals surface area contributed by atoms with E-state index in [2.05, 4.69) is 0 Å². The van der Waals surface area contributed by atoms with Crippen LogP contribution in [-0.4, -0.2) is 53.7 Å². The van der Waals surface area contributed by atoms with Gasteiger partial charge in [-0.3, -0.25) is 14.4 Å². The van der Waals surface area contributed by atoms with E-state index >= 15 is 0 Å². The first-order chi connectivity index (χ1) is 15.5. The van der Waals surface area contributed by atoms with Crippen molar-refractivity contribution >= 4 is 17.7 Å². The van der Waals surface area contributed by atoms with Gasteiger partial charge in [-0.05, 0) is 60.7 Å². The van der Waals surface area contributed by atoms with E-state index in [9.17, 15) is 14.4 Å². The maximum atomic E-state index is 12.9. The lowest BCUT2D eigenvalue weighted by Crippen LogP contribution is -2.50. The van der Waals surface area contributed by atoms with Crippen LogP contribution in [0.5, 0.6) is 11.5 Å². The summed E-state index contributed by atoms with van der Waals surface area (Å²) in [6.45, 7) is 1.98. The molecule has 0 aromatic heterocycles. The molecule has 0 radical (unpaired) electrons. The molecule has 0 aliphatic carbocycles. The normalized spacial score (nSPS) is 13.5. The Morgan fingerprint density at radius 2 is 1.00 bits per heavy atom. The Hall–Kier alpha value is -4.13. The summed E-state index contributed by atoms with van der Waals surface area (Å²) >= 11 is 0. The number of ether oxygens (including phenoxy) is 1. The minimum atomic E-state index is -0.496. The summed E-state index contributed by atoms with van der Waals surface area (Å²) in [6, 6.07) is 22.6. The average molecular weight is 429 g/mol. The van der Waals surface area contributed by atoms with E-state index in [-0.39, 0.29) is 11.8 Å². The van der Waals surface area contributed by atoms with Crippen molar-refractivity contribution in [2.75, 3.05) is 26.2 Å². The zero-order valence-corrected chi connectivity index (χ0v) is 17.4. The third kappa shape index (κ3) is 4.78. The van der Waals surface area contributed by atoms with Crippen molar-refractivity contribution in [1.29, 1.82) is 0 Å².